The summed E-state index contributed by atoms with van der Waals surface area (Å²) < 4.78 is 18.9. The van der Waals surface area contributed by atoms with E-state index < -0.39 is 12.0 Å². The molecule has 6 nitrogen and oxygen atoms in total. The van der Waals surface area contributed by atoms with Crippen LogP contribution in [0.5, 0.6) is 5.75 Å². The molecule has 37 heavy (non-hydrogen) atoms. The van der Waals surface area contributed by atoms with Crippen LogP contribution in [0.4, 0.5) is 4.39 Å². The van der Waals surface area contributed by atoms with Gasteiger partial charge in [-0.3, -0.25) is 14.6 Å². The normalized spacial score (nSPS) is 16.7. The van der Waals surface area contributed by atoms with Gasteiger partial charge in [0.1, 0.15) is 11.6 Å². The first-order chi connectivity index (χ1) is 18.0. The molecule has 0 saturated carbocycles. The third kappa shape index (κ3) is 5.07. The van der Waals surface area contributed by atoms with Gasteiger partial charge in [0.2, 0.25) is 5.91 Å². The number of carbonyl (C=O) groups excluding carboxylic acids is 2. The predicted molar refractivity (Wildman–Crippen MR) is 137 cm³/mol. The van der Waals surface area contributed by atoms with Gasteiger partial charge in [-0.05, 0) is 58.7 Å². The quantitative estimate of drug-likeness (QED) is 0.391. The summed E-state index contributed by atoms with van der Waals surface area (Å²) >= 11 is 0. The predicted octanol–water partition coefficient (Wildman–Crippen LogP) is 5.03. The van der Waals surface area contributed by atoms with Crippen LogP contribution in [-0.2, 0) is 17.9 Å². The van der Waals surface area contributed by atoms with E-state index in [1.807, 2.05) is 48.5 Å². The van der Waals surface area contributed by atoms with Gasteiger partial charge in [-0.1, -0.05) is 48.5 Å². The summed E-state index contributed by atoms with van der Waals surface area (Å²) in [5, 5.41) is 3.05. The van der Waals surface area contributed by atoms with Crippen molar-refractivity contribution in [1.29, 1.82) is 0 Å². The number of amides is 2. The molecular formula is C30H26FN3O3. The Morgan fingerprint density at radius 2 is 1.73 bits per heavy atom. The van der Waals surface area contributed by atoms with Gasteiger partial charge >= 0.3 is 0 Å². The van der Waals surface area contributed by atoms with Gasteiger partial charge in [-0.25, -0.2) is 4.39 Å². The van der Waals surface area contributed by atoms with E-state index >= 15 is 0 Å². The highest BCUT2D eigenvalue weighted by Crippen LogP contribution is 2.44. The Morgan fingerprint density at radius 3 is 2.43 bits per heavy atom. The number of hydrogen-bond acceptors (Lipinski definition) is 4. The molecule has 3 aromatic carbocycles. The Balaban J connectivity index is 1.58. The van der Waals surface area contributed by atoms with E-state index in [2.05, 4.69) is 10.3 Å². The highest BCUT2D eigenvalue weighted by Gasteiger charge is 2.44. The molecule has 0 aliphatic carbocycles. The number of ether oxygens (including phenoxy) is 1. The van der Waals surface area contributed by atoms with Crippen LogP contribution in [0.1, 0.15) is 44.6 Å². The van der Waals surface area contributed by atoms with Crippen molar-refractivity contribution < 1.29 is 18.7 Å². The number of nitrogens with zero attached hydrogens (tertiary/aromatic N) is 2. The van der Waals surface area contributed by atoms with E-state index in [1.165, 1.54) is 12.1 Å². The summed E-state index contributed by atoms with van der Waals surface area (Å²) in [6.45, 7) is 0.531. The molecule has 2 atom stereocenters. The minimum atomic E-state index is -0.667. The number of benzene rings is 3. The second-order valence-corrected chi connectivity index (χ2v) is 8.92. The molecule has 0 radical (unpaired) electrons. The zero-order valence-corrected chi connectivity index (χ0v) is 20.3. The van der Waals surface area contributed by atoms with Crippen molar-refractivity contribution in [2.24, 2.45) is 0 Å². The van der Waals surface area contributed by atoms with Crippen molar-refractivity contribution in [3.63, 3.8) is 0 Å². The number of nitrogens with one attached hydrogen (secondary N) is 1. The third-order valence-electron chi connectivity index (χ3n) is 6.63. The van der Waals surface area contributed by atoms with E-state index in [0.717, 1.165) is 16.7 Å². The second kappa shape index (κ2) is 10.6. The molecule has 0 fully saturated rings. The van der Waals surface area contributed by atoms with Crippen molar-refractivity contribution in [3.05, 3.63) is 131 Å². The number of hydrogen-bond donors (Lipinski definition) is 1. The number of rotatable bonds is 7. The van der Waals surface area contributed by atoms with Crippen molar-refractivity contribution in [1.82, 2.24) is 15.2 Å². The zero-order chi connectivity index (χ0) is 25.8. The standard InChI is InChI=1S/C30H26FN3O3/c1-37-24-14-10-22(11-15-24)28-27(29(35)33-18-21-5-4-16-32-17-21)25-6-2-3-7-26(25)30(36)34(28)19-20-8-12-23(31)13-9-20/h2-17,27-28H,18-19H2,1H3,(H,33,35)/t27-,28+/m1/s1. The average Bonchev–Trinajstić information content (AvgIpc) is 2.95. The fraction of sp³-hybridized carbons (Fsp3) is 0.167. The van der Waals surface area contributed by atoms with Gasteiger partial charge in [0.15, 0.2) is 0 Å². The topological polar surface area (TPSA) is 71.5 Å². The van der Waals surface area contributed by atoms with Gasteiger partial charge in [0.05, 0.1) is 19.1 Å². The Kier molecular flexibility index (Phi) is 6.94. The minimum Gasteiger partial charge on any atom is -0.497 e. The number of aromatic nitrogens is 1. The maximum Gasteiger partial charge on any atom is 0.255 e. The van der Waals surface area contributed by atoms with Gasteiger partial charge in [0, 0.05) is 31.0 Å². The average molecular weight is 496 g/mol. The van der Waals surface area contributed by atoms with Crippen LogP contribution in [0.3, 0.4) is 0 Å². The molecule has 4 aromatic rings. The molecule has 1 N–H and O–H groups in total. The van der Waals surface area contributed by atoms with Crippen LogP contribution in [0.15, 0.2) is 97.3 Å². The summed E-state index contributed by atoms with van der Waals surface area (Å²) in [6, 6.07) is 23.8. The molecule has 1 aliphatic rings. The molecule has 0 unspecified atom stereocenters. The van der Waals surface area contributed by atoms with Crippen molar-refractivity contribution in [3.8, 4) is 5.75 Å². The largest absolute Gasteiger partial charge is 0.497 e. The molecule has 0 spiro atoms. The molecule has 7 heteroatoms. The van der Waals surface area contributed by atoms with E-state index in [0.29, 0.717) is 23.4 Å². The highest BCUT2D eigenvalue weighted by molar-refractivity contribution is 6.01. The van der Waals surface area contributed by atoms with Crippen molar-refractivity contribution in [2.45, 2.75) is 25.0 Å². The number of carbonyl (C=O) groups is 2. The number of halogens is 1. The van der Waals surface area contributed by atoms with E-state index in [9.17, 15) is 14.0 Å². The molecule has 186 valence electrons. The maximum absolute atomic E-state index is 13.8. The zero-order valence-electron chi connectivity index (χ0n) is 20.3. The fourth-order valence-electron chi connectivity index (χ4n) is 4.81. The molecule has 5 rings (SSSR count). The van der Waals surface area contributed by atoms with Gasteiger partial charge in [0.25, 0.3) is 5.91 Å². The van der Waals surface area contributed by atoms with Crippen molar-refractivity contribution >= 4 is 11.8 Å². The Morgan fingerprint density at radius 1 is 0.973 bits per heavy atom. The summed E-state index contributed by atoms with van der Waals surface area (Å²) in [7, 11) is 1.59. The Hall–Kier alpha value is -4.52. The molecule has 0 saturated heterocycles. The molecule has 0 bridgehead atoms. The maximum atomic E-state index is 13.8. The van der Waals surface area contributed by atoms with Crippen LogP contribution < -0.4 is 10.1 Å². The first kappa shape index (κ1) is 24.2. The fourth-order valence-corrected chi connectivity index (χ4v) is 4.81. The monoisotopic (exact) mass is 495 g/mol. The van der Waals surface area contributed by atoms with Crippen LogP contribution >= 0.6 is 0 Å². The number of methoxy groups -OCH3 is 1. The lowest BCUT2D eigenvalue weighted by molar-refractivity contribution is -0.124. The van der Waals surface area contributed by atoms with E-state index in [1.54, 1.807) is 48.7 Å². The molecule has 2 heterocycles. The van der Waals surface area contributed by atoms with Gasteiger partial charge < -0.3 is 15.0 Å². The van der Waals surface area contributed by atoms with E-state index in [-0.39, 0.29) is 24.2 Å². The second-order valence-electron chi connectivity index (χ2n) is 8.92. The van der Waals surface area contributed by atoms with E-state index in [4.69, 9.17) is 4.74 Å². The summed E-state index contributed by atoms with van der Waals surface area (Å²) in [6.07, 6.45) is 3.39. The Labute approximate surface area is 214 Å². The van der Waals surface area contributed by atoms with Crippen LogP contribution in [0, 0.1) is 5.82 Å². The smallest absolute Gasteiger partial charge is 0.255 e. The molecule has 2 amide bonds. The number of fused-ring (bicyclic) bond motifs is 1. The summed E-state index contributed by atoms with van der Waals surface area (Å²) in [5.41, 5.74) is 3.60. The first-order valence-electron chi connectivity index (χ1n) is 12.0. The van der Waals surface area contributed by atoms with Crippen molar-refractivity contribution in [2.75, 3.05) is 7.11 Å². The molecule has 1 aliphatic heterocycles. The van der Waals surface area contributed by atoms with Gasteiger partial charge in [-0.15, -0.1) is 0 Å². The minimum absolute atomic E-state index is 0.183. The summed E-state index contributed by atoms with van der Waals surface area (Å²) in [5.74, 6) is -0.724. The highest BCUT2D eigenvalue weighted by atomic mass is 19.1. The SMILES string of the molecule is COc1ccc([C@H]2[C@H](C(=O)NCc3cccnc3)c3ccccc3C(=O)N2Cc2ccc(F)cc2)cc1. The summed E-state index contributed by atoms with van der Waals surface area (Å²) in [4.78, 5) is 33.5. The lowest BCUT2D eigenvalue weighted by Crippen LogP contribution is -2.47. The van der Waals surface area contributed by atoms with Crippen LogP contribution in [0.2, 0.25) is 0 Å². The van der Waals surface area contributed by atoms with Crippen LogP contribution in [-0.4, -0.2) is 28.8 Å². The number of pyridine rings is 1. The Bertz CT molecular complexity index is 1390. The lowest BCUT2D eigenvalue weighted by atomic mass is 9.79. The molecular weight excluding hydrogens is 469 g/mol. The van der Waals surface area contributed by atoms with Gasteiger partial charge in [-0.2, -0.15) is 0 Å². The lowest BCUT2D eigenvalue weighted by Gasteiger charge is -2.42. The third-order valence-corrected chi connectivity index (χ3v) is 6.63. The molecule has 1 aromatic heterocycles. The first-order valence-corrected chi connectivity index (χ1v) is 12.0. The van der Waals surface area contributed by atoms with Crippen LogP contribution in [0.25, 0.3) is 0 Å².